The van der Waals surface area contributed by atoms with Crippen LogP contribution in [-0.4, -0.2) is 18.1 Å². The zero-order valence-corrected chi connectivity index (χ0v) is 13.8. The lowest BCUT2D eigenvalue weighted by molar-refractivity contribution is 0.0731. The Morgan fingerprint density at radius 1 is 0.880 bits per heavy atom. The van der Waals surface area contributed by atoms with Crippen LogP contribution in [0, 0.1) is 0 Å². The summed E-state index contributed by atoms with van der Waals surface area (Å²) in [5, 5.41) is 0. The molecule has 3 rings (SSSR count). The smallest absolute Gasteiger partial charge is 0.347 e. The van der Waals surface area contributed by atoms with Crippen molar-refractivity contribution in [2.45, 2.75) is 0 Å². The fourth-order valence-corrected chi connectivity index (χ4v) is 2.29. The minimum atomic E-state index is -0.447. The molecular formula is C21H17NO3. The summed E-state index contributed by atoms with van der Waals surface area (Å²) in [5.41, 5.74) is 2.47. The van der Waals surface area contributed by atoms with Crippen molar-refractivity contribution in [3.63, 3.8) is 0 Å². The molecule has 0 saturated carbocycles. The van der Waals surface area contributed by atoms with Crippen LogP contribution in [0.1, 0.15) is 21.5 Å². The van der Waals surface area contributed by atoms with Gasteiger partial charge in [-0.05, 0) is 47.5 Å². The molecule has 25 heavy (non-hydrogen) atoms. The summed E-state index contributed by atoms with van der Waals surface area (Å²) in [6.45, 7) is 0. The van der Waals surface area contributed by atoms with E-state index in [0.717, 1.165) is 11.1 Å². The second-order valence-electron chi connectivity index (χ2n) is 5.27. The van der Waals surface area contributed by atoms with Gasteiger partial charge >= 0.3 is 5.97 Å². The lowest BCUT2D eigenvalue weighted by Gasteiger charge is -2.08. The number of hydrogen-bond donors (Lipinski definition) is 0. The molecule has 2 aromatic carbocycles. The van der Waals surface area contributed by atoms with E-state index >= 15 is 0 Å². The van der Waals surface area contributed by atoms with Crippen molar-refractivity contribution in [2.24, 2.45) is 0 Å². The van der Waals surface area contributed by atoms with Crippen LogP contribution in [0.5, 0.6) is 11.5 Å². The first-order chi connectivity index (χ1) is 12.3. The molecule has 0 saturated heterocycles. The van der Waals surface area contributed by atoms with E-state index in [2.05, 4.69) is 4.98 Å². The van der Waals surface area contributed by atoms with E-state index in [-0.39, 0.29) is 0 Å². The molecule has 0 amide bonds. The fourth-order valence-electron chi connectivity index (χ4n) is 2.29. The van der Waals surface area contributed by atoms with Crippen LogP contribution in [0.3, 0.4) is 0 Å². The van der Waals surface area contributed by atoms with Gasteiger partial charge in [-0.1, -0.05) is 36.4 Å². The predicted octanol–water partition coefficient (Wildman–Crippen LogP) is 4.48. The lowest BCUT2D eigenvalue weighted by Crippen LogP contribution is -2.09. The third kappa shape index (κ3) is 4.32. The van der Waals surface area contributed by atoms with Gasteiger partial charge in [-0.15, -0.1) is 0 Å². The largest absolute Gasteiger partial charge is 0.496 e. The Hall–Kier alpha value is -3.40. The Labute approximate surface area is 146 Å². The molecule has 0 spiro atoms. The van der Waals surface area contributed by atoms with Crippen LogP contribution in [0.25, 0.3) is 12.2 Å². The number of methoxy groups -OCH3 is 1. The van der Waals surface area contributed by atoms with Gasteiger partial charge in [0, 0.05) is 12.4 Å². The maximum Gasteiger partial charge on any atom is 0.347 e. The molecule has 0 bridgehead atoms. The maximum atomic E-state index is 12.3. The first-order valence-electron chi connectivity index (χ1n) is 7.79. The molecule has 0 radical (unpaired) electrons. The zero-order chi connectivity index (χ0) is 17.5. The predicted molar refractivity (Wildman–Crippen MR) is 97.6 cm³/mol. The van der Waals surface area contributed by atoms with Crippen molar-refractivity contribution in [1.29, 1.82) is 0 Å². The number of esters is 1. The molecule has 0 fully saturated rings. The third-order valence-corrected chi connectivity index (χ3v) is 3.59. The normalized spacial score (nSPS) is 10.6. The van der Waals surface area contributed by atoms with Gasteiger partial charge in [-0.25, -0.2) is 4.79 Å². The highest BCUT2D eigenvalue weighted by Gasteiger charge is 2.13. The highest BCUT2D eigenvalue weighted by Crippen LogP contribution is 2.21. The van der Waals surface area contributed by atoms with Gasteiger partial charge in [0.1, 0.15) is 17.1 Å². The van der Waals surface area contributed by atoms with Gasteiger partial charge in [0.05, 0.1) is 7.11 Å². The van der Waals surface area contributed by atoms with Crippen LogP contribution >= 0.6 is 0 Å². The van der Waals surface area contributed by atoms with E-state index in [1.807, 2.05) is 36.4 Å². The number of carbonyl (C=O) groups excluding carboxylic acids is 1. The molecule has 4 nitrogen and oxygen atoms in total. The monoisotopic (exact) mass is 331 g/mol. The van der Waals surface area contributed by atoms with Crippen LogP contribution in [0.4, 0.5) is 0 Å². The highest BCUT2D eigenvalue weighted by molar-refractivity contribution is 5.94. The van der Waals surface area contributed by atoms with Crippen molar-refractivity contribution >= 4 is 18.1 Å². The summed E-state index contributed by atoms with van der Waals surface area (Å²) in [7, 11) is 1.52. The van der Waals surface area contributed by atoms with Gasteiger partial charge in [0.25, 0.3) is 0 Å². The molecule has 1 heterocycles. The van der Waals surface area contributed by atoms with Gasteiger partial charge in [-0.2, -0.15) is 0 Å². The minimum Gasteiger partial charge on any atom is -0.496 e. The summed E-state index contributed by atoms with van der Waals surface area (Å²) in [6.07, 6.45) is 7.48. The number of aromatic nitrogens is 1. The van der Waals surface area contributed by atoms with Crippen molar-refractivity contribution < 1.29 is 14.3 Å². The third-order valence-electron chi connectivity index (χ3n) is 3.59. The van der Waals surface area contributed by atoms with Crippen LogP contribution in [-0.2, 0) is 0 Å². The Kier molecular flexibility index (Phi) is 5.22. The number of ether oxygens (including phenoxy) is 2. The van der Waals surface area contributed by atoms with Crippen molar-refractivity contribution in [3.05, 3.63) is 89.7 Å². The molecular weight excluding hydrogens is 314 g/mol. The number of hydrogen-bond acceptors (Lipinski definition) is 4. The van der Waals surface area contributed by atoms with Crippen LogP contribution in [0.15, 0.2) is 73.1 Å². The summed E-state index contributed by atoms with van der Waals surface area (Å²) < 4.78 is 10.6. The molecule has 0 N–H and O–H groups in total. The molecule has 0 atom stereocenters. The number of benzene rings is 2. The van der Waals surface area contributed by atoms with Gasteiger partial charge in [-0.3, -0.25) is 4.98 Å². The Balaban J connectivity index is 1.68. The fraction of sp³-hybridized carbons (Fsp3) is 0.0476. The van der Waals surface area contributed by atoms with E-state index in [1.54, 1.807) is 48.8 Å². The van der Waals surface area contributed by atoms with Gasteiger partial charge in [0.15, 0.2) is 0 Å². The summed E-state index contributed by atoms with van der Waals surface area (Å²) in [5.74, 6) is 0.527. The number of para-hydroxylation sites is 1. The van der Waals surface area contributed by atoms with Crippen molar-refractivity contribution in [2.75, 3.05) is 7.11 Å². The van der Waals surface area contributed by atoms with Crippen LogP contribution < -0.4 is 9.47 Å². The minimum absolute atomic E-state index is 0.395. The molecule has 0 aliphatic rings. The number of carbonyl (C=O) groups is 1. The summed E-state index contributed by atoms with van der Waals surface area (Å²) in [6, 6.07) is 18.1. The van der Waals surface area contributed by atoms with E-state index < -0.39 is 5.97 Å². The zero-order valence-electron chi connectivity index (χ0n) is 13.8. The summed E-state index contributed by atoms with van der Waals surface area (Å²) >= 11 is 0. The van der Waals surface area contributed by atoms with Gasteiger partial charge in [0.2, 0.25) is 0 Å². The standard InChI is InChI=1S/C21H17NO3/c1-24-20-5-3-2-4-19(20)21(23)25-18-10-8-16(9-11-18)6-7-17-12-14-22-15-13-17/h2-15H,1H3. The topological polar surface area (TPSA) is 48.4 Å². The maximum absolute atomic E-state index is 12.3. The number of pyridine rings is 1. The Bertz CT molecular complexity index is 871. The first kappa shape index (κ1) is 16.5. The SMILES string of the molecule is COc1ccccc1C(=O)Oc1ccc(C=Cc2ccncc2)cc1. The average molecular weight is 331 g/mol. The second-order valence-corrected chi connectivity index (χ2v) is 5.27. The second kappa shape index (κ2) is 7.93. The van der Waals surface area contributed by atoms with Crippen molar-refractivity contribution in [1.82, 2.24) is 4.98 Å². The number of rotatable bonds is 5. The highest BCUT2D eigenvalue weighted by atomic mass is 16.5. The van der Waals surface area contributed by atoms with E-state index in [4.69, 9.17) is 9.47 Å². The van der Waals surface area contributed by atoms with E-state index in [9.17, 15) is 4.79 Å². The van der Waals surface area contributed by atoms with Crippen LogP contribution in [0.2, 0.25) is 0 Å². The molecule has 3 aromatic rings. The van der Waals surface area contributed by atoms with E-state index in [0.29, 0.717) is 17.1 Å². The summed E-state index contributed by atoms with van der Waals surface area (Å²) in [4.78, 5) is 16.3. The van der Waals surface area contributed by atoms with Crippen molar-refractivity contribution in [3.8, 4) is 11.5 Å². The quantitative estimate of drug-likeness (QED) is 0.511. The molecule has 0 aliphatic carbocycles. The Morgan fingerprint density at radius 2 is 1.52 bits per heavy atom. The van der Waals surface area contributed by atoms with E-state index in [1.165, 1.54) is 7.11 Å². The molecule has 1 aromatic heterocycles. The Morgan fingerprint density at radius 3 is 2.20 bits per heavy atom. The lowest BCUT2D eigenvalue weighted by atomic mass is 10.1. The van der Waals surface area contributed by atoms with Gasteiger partial charge < -0.3 is 9.47 Å². The first-order valence-corrected chi connectivity index (χ1v) is 7.79. The molecule has 0 unspecified atom stereocenters. The number of nitrogens with zero attached hydrogens (tertiary/aromatic N) is 1. The molecule has 0 aliphatic heterocycles. The molecule has 124 valence electrons. The average Bonchev–Trinajstić information content (AvgIpc) is 2.68. The molecule has 4 heteroatoms.